The van der Waals surface area contributed by atoms with Gasteiger partial charge in [-0.2, -0.15) is 0 Å². The summed E-state index contributed by atoms with van der Waals surface area (Å²) in [5, 5.41) is 2.98. The summed E-state index contributed by atoms with van der Waals surface area (Å²) in [6.07, 6.45) is 1.27. The molecule has 1 fully saturated rings. The first-order valence-corrected chi connectivity index (χ1v) is 9.36. The van der Waals surface area contributed by atoms with Crippen molar-refractivity contribution in [2.45, 2.75) is 34.1 Å². The van der Waals surface area contributed by atoms with Crippen LogP contribution in [-0.4, -0.2) is 19.0 Å². The Morgan fingerprint density at radius 1 is 1.08 bits per heavy atom. The lowest BCUT2D eigenvalue weighted by molar-refractivity contribution is 0.102. The summed E-state index contributed by atoms with van der Waals surface area (Å²) < 4.78 is 0. The maximum Gasteiger partial charge on any atom is 0.255 e. The molecule has 2 aromatic carbocycles. The number of anilines is 3. The molecule has 0 bridgehead atoms. The van der Waals surface area contributed by atoms with Crippen LogP contribution in [0.3, 0.4) is 0 Å². The monoisotopic (exact) mass is 351 g/mol. The Morgan fingerprint density at radius 3 is 2.31 bits per heavy atom. The molecular formula is C22H29N3O. The molecule has 1 amide bonds. The summed E-state index contributed by atoms with van der Waals surface area (Å²) in [6.45, 7) is 10.8. The van der Waals surface area contributed by atoms with Crippen molar-refractivity contribution in [3.63, 3.8) is 0 Å². The fourth-order valence-electron chi connectivity index (χ4n) is 3.93. The molecular weight excluding hydrogens is 322 g/mol. The topological polar surface area (TPSA) is 58.4 Å². The molecule has 1 aliphatic rings. The summed E-state index contributed by atoms with van der Waals surface area (Å²) in [6, 6.07) is 11.5. The Morgan fingerprint density at radius 2 is 1.69 bits per heavy atom. The summed E-state index contributed by atoms with van der Waals surface area (Å²) in [4.78, 5) is 15.0. The molecule has 0 radical (unpaired) electrons. The molecule has 1 aliphatic heterocycles. The van der Waals surface area contributed by atoms with Gasteiger partial charge in [0.05, 0.1) is 11.4 Å². The van der Waals surface area contributed by atoms with E-state index >= 15 is 0 Å². The lowest BCUT2D eigenvalue weighted by Crippen LogP contribution is -2.39. The normalized spacial score (nSPS) is 20.1. The molecule has 138 valence electrons. The van der Waals surface area contributed by atoms with E-state index in [1.165, 1.54) is 6.42 Å². The van der Waals surface area contributed by atoms with Gasteiger partial charge in [-0.15, -0.1) is 0 Å². The van der Waals surface area contributed by atoms with E-state index in [9.17, 15) is 4.79 Å². The molecule has 1 heterocycles. The third-order valence-corrected chi connectivity index (χ3v) is 5.14. The minimum absolute atomic E-state index is 0.133. The number of amides is 1. The van der Waals surface area contributed by atoms with E-state index in [0.29, 0.717) is 28.8 Å². The first-order valence-electron chi connectivity index (χ1n) is 9.36. The van der Waals surface area contributed by atoms with Gasteiger partial charge < -0.3 is 16.0 Å². The molecule has 2 atom stereocenters. The lowest BCUT2D eigenvalue weighted by atomic mass is 9.91. The number of rotatable bonds is 3. The second-order valence-electron chi connectivity index (χ2n) is 7.90. The summed E-state index contributed by atoms with van der Waals surface area (Å²) in [5.41, 5.74) is 11.6. The molecule has 26 heavy (non-hydrogen) atoms. The Bertz CT molecular complexity index is 788. The van der Waals surface area contributed by atoms with Crippen LogP contribution >= 0.6 is 0 Å². The molecule has 0 unspecified atom stereocenters. The maximum absolute atomic E-state index is 12.6. The summed E-state index contributed by atoms with van der Waals surface area (Å²) in [5.74, 6) is 1.20. The highest BCUT2D eigenvalue weighted by Gasteiger charge is 2.23. The number of aryl methyl sites for hydroxylation is 2. The van der Waals surface area contributed by atoms with Crippen LogP contribution in [0.2, 0.25) is 0 Å². The van der Waals surface area contributed by atoms with Crippen molar-refractivity contribution in [2.24, 2.45) is 11.8 Å². The molecule has 4 heteroatoms. The van der Waals surface area contributed by atoms with E-state index in [1.807, 2.05) is 43.3 Å². The number of hydrogen-bond donors (Lipinski definition) is 2. The summed E-state index contributed by atoms with van der Waals surface area (Å²) >= 11 is 0. The van der Waals surface area contributed by atoms with Gasteiger partial charge in [-0.1, -0.05) is 31.5 Å². The van der Waals surface area contributed by atoms with Crippen LogP contribution in [0.5, 0.6) is 0 Å². The fourth-order valence-corrected chi connectivity index (χ4v) is 3.93. The Kier molecular flexibility index (Phi) is 5.21. The van der Waals surface area contributed by atoms with E-state index in [4.69, 9.17) is 5.73 Å². The van der Waals surface area contributed by atoms with Gasteiger partial charge in [0.25, 0.3) is 5.91 Å². The molecule has 1 saturated heterocycles. The van der Waals surface area contributed by atoms with Crippen molar-refractivity contribution in [2.75, 3.05) is 29.0 Å². The van der Waals surface area contributed by atoms with Crippen LogP contribution in [0.1, 0.15) is 41.8 Å². The van der Waals surface area contributed by atoms with Gasteiger partial charge in [-0.3, -0.25) is 4.79 Å². The Labute approximate surface area is 156 Å². The highest BCUT2D eigenvalue weighted by molar-refractivity contribution is 6.06. The van der Waals surface area contributed by atoms with E-state index in [-0.39, 0.29) is 5.91 Å². The number of benzene rings is 2. The zero-order valence-corrected chi connectivity index (χ0v) is 16.2. The van der Waals surface area contributed by atoms with Crippen molar-refractivity contribution in [3.05, 3.63) is 53.1 Å². The standard InChI is InChI=1S/C22H29N3O/c1-14-5-7-18(8-6-14)22(26)24-20-11-21(17(4)10-19(20)23)25-12-15(2)9-16(3)13-25/h5-8,10-11,15-16H,9,12-13,23H2,1-4H3,(H,24,26)/t15-,16-/m1/s1. The van der Waals surface area contributed by atoms with Gasteiger partial charge >= 0.3 is 0 Å². The zero-order valence-electron chi connectivity index (χ0n) is 16.2. The van der Waals surface area contributed by atoms with Gasteiger partial charge in [-0.25, -0.2) is 0 Å². The van der Waals surface area contributed by atoms with Crippen LogP contribution in [0.15, 0.2) is 36.4 Å². The molecule has 0 saturated carbocycles. The molecule has 0 spiro atoms. The van der Waals surface area contributed by atoms with Crippen molar-refractivity contribution in [3.8, 4) is 0 Å². The molecule has 3 N–H and O–H groups in total. The third kappa shape index (κ3) is 4.01. The van der Waals surface area contributed by atoms with Crippen molar-refractivity contribution in [1.82, 2.24) is 0 Å². The number of nitrogens with two attached hydrogens (primary N) is 1. The summed E-state index contributed by atoms with van der Waals surface area (Å²) in [7, 11) is 0. The van der Waals surface area contributed by atoms with E-state index < -0.39 is 0 Å². The molecule has 0 aromatic heterocycles. The number of carbonyl (C=O) groups excluding carboxylic acids is 1. The first-order chi connectivity index (χ1) is 12.3. The molecule has 2 aromatic rings. The predicted octanol–water partition coefficient (Wildman–Crippen LogP) is 4.62. The molecule has 0 aliphatic carbocycles. The van der Waals surface area contributed by atoms with Crippen LogP contribution in [0.4, 0.5) is 17.1 Å². The number of nitrogen functional groups attached to an aromatic ring is 1. The van der Waals surface area contributed by atoms with Gasteiger partial charge in [0.2, 0.25) is 0 Å². The number of nitrogens with zero attached hydrogens (tertiary/aromatic N) is 1. The van der Waals surface area contributed by atoms with E-state index in [2.05, 4.69) is 31.0 Å². The number of carbonyl (C=O) groups is 1. The van der Waals surface area contributed by atoms with Crippen LogP contribution in [0, 0.1) is 25.7 Å². The van der Waals surface area contributed by atoms with Gasteiger partial charge in [0, 0.05) is 24.3 Å². The maximum atomic E-state index is 12.6. The zero-order chi connectivity index (χ0) is 18.8. The third-order valence-electron chi connectivity index (χ3n) is 5.14. The minimum atomic E-state index is -0.133. The second kappa shape index (κ2) is 7.40. The number of piperidine rings is 1. The second-order valence-corrected chi connectivity index (χ2v) is 7.90. The molecule has 4 nitrogen and oxygen atoms in total. The van der Waals surface area contributed by atoms with E-state index in [1.54, 1.807) is 0 Å². The first kappa shape index (κ1) is 18.3. The van der Waals surface area contributed by atoms with E-state index in [0.717, 1.165) is 29.9 Å². The molecule has 3 rings (SSSR count). The van der Waals surface area contributed by atoms with Crippen molar-refractivity contribution >= 4 is 23.0 Å². The Hall–Kier alpha value is -2.49. The fraction of sp³-hybridized carbons (Fsp3) is 0.409. The lowest BCUT2D eigenvalue weighted by Gasteiger charge is -2.37. The van der Waals surface area contributed by atoms with Crippen LogP contribution in [-0.2, 0) is 0 Å². The van der Waals surface area contributed by atoms with Gasteiger partial charge in [-0.05, 0) is 61.9 Å². The highest BCUT2D eigenvalue weighted by Crippen LogP contribution is 2.33. The SMILES string of the molecule is Cc1ccc(C(=O)Nc2cc(N3C[C@H](C)C[C@@H](C)C3)c(C)cc2N)cc1. The average Bonchev–Trinajstić information content (AvgIpc) is 2.57. The van der Waals surface area contributed by atoms with Crippen molar-refractivity contribution in [1.29, 1.82) is 0 Å². The van der Waals surface area contributed by atoms with Gasteiger partial charge in [0.1, 0.15) is 0 Å². The number of hydrogen-bond acceptors (Lipinski definition) is 3. The van der Waals surface area contributed by atoms with Crippen LogP contribution in [0.25, 0.3) is 0 Å². The smallest absolute Gasteiger partial charge is 0.255 e. The van der Waals surface area contributed by atoms with Crippen LogP contribution < -0.4 is 16.0 Å². The average molecular weight is 351 g/mol. The number of nitrogens with one attached hydrogen (secondary N) is 1. The quantitative estimate of drug-likeness (QED) is 0.793. The minimum Gasteiger partial charge on any atom is -0.397 e. The van der Waals surface area contributed by atoms with Gasteiger partial charge in [0.15, 0.2) is 0 Å². The highest BCUT2D eigenvalue weighted by atomic mass is 16.1. The largest absolute Gasteiger partial charge is 0.397 e. The predicted molar refractivity (Wildman–Crippen MR) is 110 cm³/mol. The Balaban J connectivity index is 1.86. The van der Waals surface area contributed by atoms with Crippen molar-refractivity contribution < 1.29 is 4.79 Å².